The van der Waals surface area contributed by atoms with Crippen molar-refractivity contribution < 1.29 is 38.4 Å². The summed E-state index contributed by atoms with van der Waals surface area (Å²) in [6.45, 7) is 3.96. The Hall–Kier alpha value is -3.01. The zero-order valence-electron chi connectivity index (χ0n) is 25.1. The Morgan fingerprint density at radius 2 is 1.19 bits per heavy atom. The maximum absolute atomic E-state index is 12.6. The van der Waals surface area contributed by atoms with E-state index in [-0.39, 0.29) is 13.2 Å². The van der Waals surface area contributed by atoms with Crippen LogP contribution in [0.25, 0.3) is 0 Å². The highest BCUT2D eigenvalue weighted by Gasteiger charge is 2.25. The van der Waals surface area contributed by atoms with Crippen LogP contribution in [0.2, 0.25) is 0 Å². The predicted octanol–water partition coefficient (Wildman–Crippen LogP) is 6.50. The number of fused-ring (bicyclic) bond motifs is 2. The van der Waals surface area contributed by atoms with Crippen molar-refractivity contribution in [3.05, 3.63) is 48.5 Å². The van der Waals surface area contributed by atoms with E-state index < -0.39 is 18.1 Å². The fourth-order valence-corrected chi connectivity index (χ4v) is 4.78. The second-order valence-corrected chi connectivity index (χ2v) is 10.5. The summed E-state index contributed by atoms with van der Waals surface area (Å²) in [6, 6.07) is 14.8. The number of hydrogen-bond acceptors (Lipinski definition) is 8. The molecule has 0 bridgehead atoms. The molecule has 0 fully saturated rings. The lowest BCUT2D eigenvalue weighted by Gasteiger charge is -2.25. The summed E-state index contributed by atoms with van der Waals surface area (Å²) in [5.74, 6) is 1.71. The zero-order valence-corrected chi connectivity index (χ0v) is 25.1. The van der Waals surface area contributed by atoms with Crippen LogP contribution in [0.3, 0.4) is 0 Å². The first-order valence-corrected chi connectivity index (χ1v) is 15.6. The number of unbranched alkanes of at least 4 members (excludes halogenated alkanes) is 9. The van der Waals surface area contributed by atoms with Crippen molar-refractivity contribution in [2.24, 2.45) is 0 Å². The number of carbonyl (C=O) groups is 1. The quantitative estimate of drug-likeness (QED) is 0.147. The van der Waals surface area contributed by atoms with Gasteiger partial charge in [0.2, 0.25) is 0 Å². The van der Waals surface area contributed by atoms with E-state index in [1.807, 2.05) is 48.5 Å². The lowest BCUT2D eigenvalue weighted by molar-refractivity contribution is -0.148. The highest BCUT2D eigenvalue weighted by Crippen LogP contribution is 2.29. The van der Waals surface area contributed by atoms with Gasteiger partial charge in [0.15, 0.2) is 23.0 Å². The molecule has 1 aliphatic heterocycles. The molecule has 2 aromatic rings. The minimum atomic E-state index is -0.845. The average Bonchev–Trinajstić information content (AvgIpc) is 3.02. The molecule has 0 aromatic heterocycles. The van der Waals surface area contributed by atoms with Crippen LogP contribution in [0.5, 0.6) is 23.0 Å². The van der Waals surface area contributed by atoms with Gasteiger partial charge in [-0.1, -0.05) is 95.4 Å². The van der Waals surface area contributed by atoms with Crippen molar-refractivity contribution >= 4 is 5.91 Å². The Balaban J connectivity index is 1.61. The standard InChI is InChI=1S/C33H49NO8/c1-2-3-4-5-6-7-8-9-10-11-20-32(33(35)34-36)42-27-25-40-30-18-14-12-16-28(30)38-23-21-37-22-24-39-29-17-13-15-19-31(29)41-26-27/h12-19,27,32,36H,2-11,20-26H2,1H3,(H,34,35). The molecular formula is C33H49NO8. The van der Waals surface area contributed by atoms with E-state index in [9.17, 15) is 10.0 Å². The largest absolute Gasteiger partial charge is 0.487 e. The summed E-state index contributed by atoms with van der Waals surface area (Å²) in [7, 11) is 0. The smallest absolute Gasteiger partial charge is 0.272 e. The molecule has 42 heavy (non-hydrogen) atoms. The van der Waals surface area contributed by atoms with Gasteiger partial charge in [-0.25, -0.2) is 5.48 Å². The number of benzene rings is 2. The number of hydrogen-bond donors (Lipinski definition) is 2. The second kappa shape index (κ2) is 20.8. The van der Waals surface area contributed by atoms with E-state index in [0.717, 1.165) is 19.3 Å². The van der Waals surface area contributed by atoms with Gasteiger partial charge in [-0.15, -0.1) is 0 Å². The Morgan fingerprint density at radius 3 is 1.67 bits per heavy atom. The Morgan fingerprint density at radius 1 is 0.738 bits per heavy atom. The molecule has 1 unspecified atom stereocenters. The molecule has 9 heteroatoms. The number of nitrogens with one attached hydrogen (secondary N) is 1. The summed E-state index contributed by atoms with van der Waals surface area (Å²) in [6.07, 6.45) is 10.9. The summed E-state index contributed by atoms with van der Waals surface area (Å²) < 4.78 is 35.8. The minimum absolute atomic E-state index is 0.104. The van der Waals surface area contributed by atoms with Gasteiger partial charge in [-0.05, 0) is 30.7 Å². The molecule has 0 saturated carbocycles. The lowest BCUT2D eigenvalue weighted by atomic mass is 10.0. The second-order valence-electron chi connectivity index (χ2n) is 10.5. The fraction of sp³-hybridized carbons (Fsp3) is 0.606. The van der Waals surface area contributed by atoms with Crippen LogP contribution in [0, 0.1) is 0 Å². The monoisotopic (exact) mass is 587 g/mol. The SMILES string of the molecule is CCCCCCCCCCCCC(OC1COc2ccccc2OCCOCCOc2ccccc2OC1)C(=O)NO. The molecule has 1 heterocycles. The van der Waals surface area contributed by atoms with E-state index >= 15 is 0 Å². The van der Waals surface area contributed by atoms with Crippen LogP contribution < -0.4 is 24.4 Å². The van der Waals surface area contributed by atoms with Crippen LogP contribution in [0.1, 0.15) is 77.6 Å². The third-order valence-electron chi connectivity index (χ3n) is 7.10. The molecular weight excluding hydrogens is 538 g/mol. The maximum atomic E-state index is 12.6. The molecule has 1 amide bonds. The summed E-state index contributed by atoms with van der Waals surface area (Å²) in [5, 5.41) is 9.43. The molecule has 9 nitrogen and oxygen atoms in total. The van der Waals surface area contributed by atoms with Crippen LogP contribution in [-0.4, -0.2) is 63.0 Å². The van der Waals surface area contributed by atoms with Gasteiger partial charge in [0, 0.05) is 0 Å². The number of para-hydroxylation sites is 4. The van der Waals surface area contributed by atoms with Gasteiger partial charge in [0.25, 0.3) is 5.91 Å². The molecule has 0 radical (unpaired) electrons. The van der Waals surface area contributed by atoms with Gasteiger partial charge in [0.05, 0.1) is 13.2 Å². The van der Waals surface area contributed by atoms with Gasteiger partial charge in [0.1, 0.15) is 38.6 Å². The minimum Gasteiger partial charge on any atom is -0.487 e. The topological polar surface area (TPSA) is 105 Å². The summed E-state index contributed by atoms with van der Waals surface area (Å²) in [4.78, 5) is 12.6. The Labute approximate surface area is 250 Å². The van der Waals surface area contributed by atoms with Gasteiger partial charge < -0.3 is 28.4 Å². The van der Waals surface area contributed by atoms with Crippen molar-refractivity contribution in [2.75, 3.05) is 39.6 Å². The normalized spacial score (nSPS) is 15.6. The Bertz CT molecular complexity index is 948. The highest BCUT2D eigenvalue weighted by molar-refractivity contribution is 5.79. The van der Waals surface area contributed by atoms with E-state index in [1.54, 1.807) is 5.48 Å². The predicted molar refractivity (Wildman–Crippen MR) is 161 cm³/mol. The molecule has 234 valence electrons. The van der Waals surface area contributed by atoms with E-state index in [2.05, 4.69) is 6.92 Å². The third kappa shape index (κ3) is 12.9. The molecule has 0 saturated heterocycles. The first-order chi connectivity index (χ1) is 20.7. The van der Waals surface area contributed by atoms with E-state index in [4.69, 9.17) is 28.4 Å². The Kier molecular flexibility index (Phi) is 16.6. The van der Waals surface area contributed by atoms with E-state index in [1.165, 1.54) is 44.9 Å². The van der Waals surface area contributed by atoms with Gasteiger partial charge in [-0.3, -0.25) is 10.0 Å². The number of amides is 1. The highest BCUT2D eigenvalue weighted by atomic mass is 16.6. The van der Waals surface area contributed by atoms with Crippen molar-refractivity contribution in [2.45, 2.75) is 89.8 Å². The fourth-order valence-electron chi connectivity index (χ4n) is 4.78. The summed E-state index contributed by atoms with van der Waals surface area (Å²) in [5.41, 5.74) is 1.77. The van der Waals surface area contributed by atoms with Crippen molar-refractivity contribution in [3.8, 4) is 23.0 Å². The molecule has 0 spiro atoms. The molecule has 0 aliphatic carbocycles. The van der Waals surface area contributed by atoms with Crippen LogP contribution in [0.4, 0.5) is 0 Å². The van der Waals surface area contributed by atoms with Crippen molar-refractivity contribution in [1.82, 2.24) is 5.48 Å². The van der Waals surface area contributed by atoms with Gasteiger partial charge in [-0.2, -0.15) is 0 Å². The van der Waals surface area contributed by atoms with Gasteiger partial charge >= 0.3 is 0 Å². The molecule has 1 aliphatic rings. The number of rotatable bonds is 14. The lowest BCUT2D eigenvalue weighted by Crippen LogP contribution is -2.41. The number of ether oxygens (including phenoxy) is 6. The van der Waals surface area contributed by atoms with E-state index in [0.29, 0.717) is 55.8 Å². The van der Waals surface area contributed by atoms with Crippen molar-refractivity contribution in [1.29, 1.82) is 0 Å². The summed E-state index contributed by atoms with van der Waals surface area (Å²) >= 11 is 0. The third-order valence-corrected chi connectivity index (χ3v) is 7.10. The number of hydroxylamine groups is 1. The average molecular weight is 588 g/mol. The molecule has 1 atom stereocenters. The molecule has 3 rings (SSSR count). The first kappa shape index (κ1) is 33.5. The van der Waals surface area contributed by atoms with Crippen LogP contribution >= 0.6 is 0 Å². The van der Waals surface area contributed by atoms with Crippen LogP contribution in [0.15, 0.2) is 48.5 Å². The number of carbonyl (C=O) groups excluding carboxylic acids is 1. The first-order valence-electron chi connectivity index (χ1n) is 15.6. The zero-order chi connectivity index (χ0) is 29.7. The maximum Gasteiger partial charge on any atom is 0.272 e. The van der Waals surface area contributed by atoms with Crippen molar-refractivity contribution in [3.63, 3.8) is 0 Å². The van der Waals surface area contributed by atoms with Crippen LogP contribution in [-0.2, 0) is 14.3 Å². The molecule has 2 N–H and O–H groups in total. The molecule has 2 aromatic carbocycles.